The van der Waals surface area contributed by atoms with Gasteiger partial charge >= 0.3 is 5.97 Å². The van der Waals surface area contributed by atoms with Gasteiger partial charge in [0.25, 0.3) is 5.69 Å². The van der Waals surface area contributed by atoms with Gasteiger partial charge in [-0.05, 0) is 51.8 Å². The first kappa shape index (κ1) is 18.6. The number of hydrogen-bond acceptors (Lipinski definition) is 4. The van der Waals surface area contributed by atoms with Gasteiger partial charge in [0.15, 0.2) is 0 Å². The van der Waals surface area contributed by atoms with Crippen LogP contribution in [0.5, 0.6) is 0 Å². The zero-order chi connectivity index (χ0) is 17.7. The fourth-order valence-corrected chi connectivity index (χ4v) is 2.72. The number of nitro groups is 1. The van der Waals surface area contributed by atoms with Gasteiger partial charge in [-0.3, -0.25) is 19.7 Å². The van der Waals surface area contributed by atoms with Crippen LogP contribution in [0.4, 0.5) is 5.69 Å². The van der Waals surface area contributed by atoms with E-state index in [1.165, 1.54) is 4.90 Å². The third kappa shape index (κ3) is 4.28. The van der Waals surface area contributed by atoms with Gasteiger partial charge in [-0.15, -0.1) is 0 Å². The maximum Gasteiger partial charge on any atom is 0.316 e. The molecule has 0 spiro atoms. The summed E-state index contributed by atoms with van der Waals surface area (Å²) in [6.45, 7) is 7.68. The van der Waals surface area contributed by atoms with Crippen LogP contribution < -0.4 is 0 Å². The van der Waals surface area contributed by atoms with Crippen molar-refractivity contribution in [3.05, 3.63) is 38.9 Å². The number of aryl methyl sites for hydroxylation is 2. The molecule has 1 rings (SSSR count). The average molecular weight is 322 g/mol. The van der Waals surface area contributed by atoms with Gasteiger partial charge in [0.05, 0.1) is 4.92 Å². The Morgan fingerprint density at radius 2 is 1.70 bits per heavy atom. The molecule has 1 atom stereocenters. The Morgan fingerprint density at radius 1 is 1.22 bits per heavy atom. The first-order valence-corrected chi connectivity index (χ1v) is 7.48. The van der Waals surface area contributed by atoms with Crippen molar-refractivity contribution in [2.45, 2.75) is 34.1 Å². The monoisotopic (exact) mass is 322 g/mol. The largest absolute Gasteiger partial charge is 0.481 e. The fourth-order valence-electron chi connectivity index (χ4n) is 2.72. The van der Waals surface area contributed by atoms with E-state index in [-0.39, 0.29) is 12.1 Å². The average Bonchev–Trinajstić information content (AvgIpc) is 2.44. The minimum absolute atomic E-state index is 0.0182. The van der Waals surface area contributed by atoms with Crippen LogP contribution in [0.15, 0.2) is 12.1 Å². The number of carbonyl (C=O) groups excluding carboxylic acids is 1. The van der Waals surface area contributed by atoms with Crippen LogP contribution in [0.25, 0.3) is 0 Å². The molecular formula is C16H22N2O5. The molecule has 0 saturated carbocycles. The summed E-state index contributed by atoms with van der Waals surface area (Å²) >= 11 is 0. The van der Waals surface area contributed by atoms with E-state index in [0.717, 1.165) is 0 Å². The highest BCUT2D eigenvalue weighted by molar-refractivity contribution is 5.97. The molecule has 0 aliphatic rings. The molecule has 23 heavy (non-hydrogen) atoms. The maximum atomic E-state index is 12.3. The highest BCUT2D eigenvalue weighted by atomic mass is 16.6. The Morgan fingerprint density at radius 3 is 2.04 bits per heavy atom. The van der Waals surface area contributed by atoms with E-state index in [1.54, 1.807) is 39.8 Å². The normalized spacial score (nSPS) is 11.8. The van der Waals surface area contributed by atoms with Gasteiger partial charge in [-0.2, -0.15) is 0 Å². The van der Waals surface area contributed by atoms with Gasteiger partial charge in [-0.1, -0.05) is 0 Å². The van der Waals surface area contributed by atoms with Gasteiger partial charge in [-0.25, -0.2) is 0 Å². The lowest BCUT2D eigenvalue weighted by Gasteiger charge is -2.23. The lowest BCUT2D eigenvalue weighted by Crippen LogP contribution is -2.40. The second kappa shape index (κ2) is 7.71. The zero-order valence-corrected chi connectivity index (χ0v) is 13.8. The van der Waals surface area contributed by atoms with Crippen molar-refractivity contribution >= 4 is 17.6 Å². The van der Waals surface area contributed by atoms with Crippen LogP contribution in [-0.2, 0) is 16.0 Å². The van der Waals surface area contributed by atoms with E-state index in [2.05, 4.69) is 0 Å². The topological polar surface area (TPSA) is 101 Å². The molecule has 1 unspecified atom stereocenters. The van der Waals surface area contributed by atoms with E-state index in [9.17, 15) is 24.8 Å². The number of nitro benzene ring substituents is 1. The molecule has 7 nitrogen and oxygen atoms in total. The van der Waals surface area contributed by atoms with Crippen molar-refractivity contribution in [1.82, 2.24) is 4.90 Å². The summed E-state index contributed by atoms with van der Waals surface area (Å²) in [5.74, 6) is -2.80. The highest BCUT2D eigenvalue weighted by Gasteiger charge is 2.30. The van der Waals surface area contributed by atoms with Crippen LogP contribution >= 0.6 is 0 Å². The van der Waals surface area contributed by atoms with Crippen LogP contribution in [0.1, 0.15) is 30.5 Å². The fraction of sp³-hybridized carbons (Fsp3) is 0.500. The van der Waals surface area contributed by atoms with Crippen molar-refractivity contribution < 1.29 is 19.6 Å². The van der Waals surface area contributed by atoms with Gasteiger partial charge in [0.1, 0.15) is 5.92 Å². The molecule has 1 amide bonds. The molecule has 0 bridgehead atoms. The molecule has 0 saturated heterocycles. The number of hydrogen-bond donors (Lipinski definition) is 1. The molecule has 0 fully saturated rings. The van der Waals surface area contributed by atoms with Gasteiger partial charge in [0, 0.05) is 24.2 Å². The van der Waals surface area contributed by atoms with Crippen molar-refractivity contribution in [3.8, 4) is 0 Å². The minimum atomic E-state index is -1.19. The number of carbonyl (C=O) groups is 2. The predicted octanol–water partition coefficient (Wildman–Crippen LogP) is 2.32. The zero-order valence-electron chi connectivity index (χ0n) is 13.8. The molecule has 0 aliphatic carbocycles. The standard InChI is InChI=1S/C16H22N2O5/c1-5-17(6-2)15(19)13(16(20)21)9-12-7-10(3)14(18(22)23)11(4)8-12/h7-8,13H,5-6,9H2,1-4H3,(H,20,21). The van der Waals surface area contributed by atoms with Crippen molar-refractivity contribution in [3.63, 3.8) is 0 Å². The van der Waals surface area contributed by atoms with E-state index < -0.39 is 22.7 Å². The number of amides is 1. The quantitative estimate of drug-likeness (QED) is 0.471. The SMILES string of the molecule is CCN(CC)C(=O)C(Cc1cc(C)c([N+](=O)[O-])c(C)c1)C(=O)O. The smallest absolute Gasteiger partial charge is 0.316 e. The summed E-state index contributed by atoms with van der Waals surface area (Å²) in [7, 11) is 0. The molecular weight excluding hydrogens is 300 g/mol. The molecule has 0 aliphatic heterocycles. The molecule has 0 aromatic heterocycles. The van der Waals surface area contributed by atoms with E-state index in [1.807, 2.05) is 0 Å². The van der Waals surface area contributed by atoms with Gasteiger partial charge < -0.3 is 10.0 Å². The second-order valence-electron chi connectivity index (χ2n) is 5.44. The lowest BCUT2D eigenvalue weighted by molar-refractivity contribution is -0.386. The summed E-state index contributed by atoms with van der Waals surface area (Å²) in [6, 6.07) is 3.16. The van der Waals surface area contributed by atoms with E-state index in [4.69, 9.17) is 0 Å². The van der Waals surface area contributed by atoms with E-state index >= 15 is 0 Å². The van der Waals surface area contributed by atoms with E-state index in [0.29, 0.717) is 29.8 Å². The number of carboxylic acid groups (broad SMARTS) is 1. The highest BCUT2D eigenvalue weighted by Crippen LogP contribution is 2.26. The third-order valence-corrected chi connectivity index (χ3v) is 3.84. The first-order chi connectivity index (χ1) is 10.7. The Kier molecular flexibility index (Phi) is 6.24. The molecule has 0 heterocycles. The molecule has 1 N–H and O–H groups in total. The summed E-state index contributed by atoms with van der Waals surface area (Å²) in [5.41, 5.74) is 1.56. The van der Waals surface area contributed by atoms with Crippen molar-refractivity contribution in [2.24, 2.45) is 5.92 Å². The number of nitrogens with zero attached hydrogens (tertiary/aromatic N) is 2. The number of aliphatic carboxylic acids is 1. The third-order valence-electron chi connectivity index (χ3n) is 3.84. The van der Waals surface area contributed by atoms with Crippen molar-refractivity contribution in [1.29, 1.82) is 0 Å². The summed E-state index contributed by atoms with van der Waals surface area (Å²) in [5, 5.41) is 20.4. The Balaban J connectivity index is 3.14. The minimum Gasteiger partial charge on any atom is -0.481 e. The summed E-state index contributed by atoms with van der Waals surface area (Å²) in [4.78, 5) is 35.8. The second-order valence-corrected chi connectivity index (χ2v) is 5.44. The van der Waals surface area contributed by atoms with Crippen LogP contribution in [0, 0.1) is 29.9 Å². The lowest BCUT2D eigenvalue weighted by atomic mass is 9.94. The molecule has 1 aromatic carbocycles. The molecule has 126 valence electrons. The van der Waals surface area contributed by atoms with Crippen LogP contribution in [-0.4, -0.2) is 39.9 Å². The Hall–Kier alpha value is -2.44. The Bertz CT molecular complexity index is 600. The summed E-state index contributed by atoms with van der Waals surface area (Å²) in [6.07, 6.45) is 0.0182. The number of carboxylic acids is 1. The molecule has 1 aromatic rings. The first-order valence-electron chi connectivity index (χ1n) is 7.48. The van der Waals surface area contributed by atoms with Crippen LogP contribution in [0.2, 0.25) is 0 Å². The summed E-state index contributed by atoms with van der Waals surface area (Å²) < 4.78 is 0. The number of benzene rings is 1. The van der Waals surface area contributed by atoms with Crippen LogP contribution in [0.3, 0.4) is 0 Å². The van der Waals surface area contributed by atoms with Gasteiger partial charge in [0.2, 0.25) is 5.91 Å². The molecule has 0 radical (unpaired) electrons. The van der Waals surface area contributed by atoms with Crippen molar-refractivity contribution in [2.75, 3.05) is 13.1 Å². The number of rotatable bonds is 7. The maximum absolute atomic E-state index is 12.3. The molecule has 7 heteroatoms. The predicted molar refractivity (Wildman–Crippen MR) is 85.3 cm³/mol. The Labute approximate surface area is 135 Å².